The minimum atomic E-state index is 1.20. The van der Waals surface area contributed by atoms with Crippen LogP contribution >= 0.6 is 0 Å². The first-order valence-corrected chi connectivity index (χ1v) is 19.4. The van der Waals surface area contributed by atoms with Gasteiger partial charge in [0.1, 0.15) is 0 Å². The molecule has 0 unspecified atom stereocenters. The lowest BCUT2D eigenvalue weighted by atomic mass is 9.80. The van der Waals surface area contributed by atoms with E-state index in [4.69, 9.17) is 0 Å². The minimum Gasteiger partial charge on any atom is -0.0616 e. The van der Waals surface area contributed by atoms with Crippen molar-refractivity contribution in [2.75, 3.05) is 0 Å². The normalized spacial score (nSPS) is 11.6. The first kappa shape index (κ1) is 32.2. The molecule has 0 spiro atoms. The third kappa shape index (κ3) is 5.15. The molecule has 0 fully saturated rings. The molecule has 0 heterocycles. The zero-order chi connectivity index (χ0) is 37.0. The summed E-state index contributed by atoms with van der Waals surface area (Å²) >= 11 is 0. The summed E-state index contributed by atoms with van der Waals surface area (Å²) in [6.45, 7) is 0. The van der Waals surface area contributed by atoms with Crippen LogP contribution in [0.3, 0.4) is 0 Å². The van der Waals surface area contributed by atoms with Gasteiger partial charge >= 0.3 is 0 Å². The number of fused-ring (bicyclic) bond motifs is 5. The fraction of sp³-hybridized carbons (Fsp3) is 0. The van der Waals surface area contributed by atoms with Gasteiger partial charge in [-0.2, -0.15) is 0 Å². The minimum absolute atomic E-state index is 1.20. The summed E-state index contributed by atoms with van der Waals surface area (Å²) < 4.78 is 0. The fourth-order valence-corrected chi connectivity index (χ4v) is 9.22. The Morgan fingerprint density at radius 3 is 1.23 bits per heavy atom. The number of hydrogen-bond acceptors (Lipinski definition) is 0. The quantitative estimate of drug-likeness (QED) is 0.156. The van der Waals surface area contributed by atoms with E-state index in [9.17, 15) is 0 Å². The average molecular weight is 709 g/mol. The van der Waals surface area contributed by atoms with Gasteiger partial charge in [-0.1, -0.05) is 212 Å². The van der Waals surface area contributed by atoms with Crippen LogP contribution in [0.25, 0.3) is 109 Å². The molecule has 0 amide bonds. The van der Waals surface area contributed by atoms with E-state index in [1.807, 2.05) is 0 Å². The summed E-state index contributed by atoms with van der Waals surface area (Å²) in [6.07, 6.45) is 0. The SMILES string of the molecule is c1cc(-c2cccc3ccccc23)cc(-c2c3ccccc3c(-c3cccc4ccccc34)c3cccc(-c4ccccc4-c4cccc5ccccc45)c23)c1. The van der Waals surface area contributed by atoms with Crippen molar-refractivity contribution in [1.29, 1.82) is 0 Å². The molecule has 0 saturated heterocycles. The number of hydrogen-bond donors (Lipinski definition) is 0. The highest BCUT2D eigenvalue weighted by molar-refractivity contribution is 6.27. The van der Waals surface area contributed by atoms with Crippen molar-refractivity contribution in [3.05, 3.63) is 218 Å². The lowest BCUT2D eigenvalue weighted by Gasteiger charge is -2.22. The highest BCUT2D eigenvalue weighted by Crippen LogP contribution is 2.50. The molecule has 260 valence electrons. The lowest BCUT2D eigenvalue weighted by molar-refractivity contribution is 1.61. The Morgan fingerprint density at radius 1 is 0.196 bits per heavy atom. The molecular weight excluding hydrogens is 673 g/mol. The molecule has 11 rings (SSSR count). The Bertz CT molecular complexity index is 3290. The predicted octanol–water partition coefficient (Wildman–Crippen LogP) is 15.8. The predicted molar refractivity (Wildman–Crippen MR) is 241 cm³/mol. The molecule has 0 radical (unpaired) electrons. The zero-order valence-corrected chi connectivity index (χ0v) is 30.8. The van der Waals surface area contributed by atoms with Crippen molar-refractivity contribution >= 4 is 53.9 Å². The van der Waals surface area contributed by atoms with Gasteiger partial charge < -0.3 is 0 Å². The van der Waals surface area contributed by atoms with E-state index >= 15 is 0 Å². The van der Waals surface area contributed by atoms with Gasteiger partial charge in [-0.15, -0.1) is 0 Å². The molecule has 11 aromatic carbocycles. The van der Waals surface area contributed by atoms with E-state index in [0.717, 1.165) is 0 Å². The Hall–Kier alpha value is -7.28. The van der Waals surface area contributed by atoms with Crippen LogP contribution < -0.4 is 0 Å². The first-order valence-electron chi connectivity index (χ1n) is 19.4. The third-order valence-electron chi connectivity index (χ3n) is 11.7. The van der Waals surface area contributed by atoms with Gasteiger partial charge in [0.2, 0.25) is 0 Å². The van der Waals surface area contributed by atoms with Gasteiger partial charge in [0.05, 0.1) is 0 Å². The maximum Gasteiger partial charge on any atom is -0.00139 e. The summed E-state index contributed by atoms with van der Waals surface area (Å²) in [6, 6.07) is 80.5. The molecule has 56 heavy (non-hydrogen) atoms. The summed E-state index contributed by atoms with van der Waals surface area (Å²) in [5.74, 6) is 0. The number of rotatable bonds is 5. The molecule has 11 aromatic rings. The molecule has 0 atom stereocenters. The molecule has 0 nitrogen and oxygen atoms in total. The smallest absolute Gasteiger partial charge is 0.00139 e. The fourth-order valence-electron chi connectivity index (χ4n) is 9.22. The van der Waals surface area contributed by atoms with Crippen molar-refractivity contribution in [2.45, 2.75) is 0 Å². The Morgan fingerprint density at radius 2 is 0.571 bits per heavy atom. The second-order valence-electron chi connectivity index (χ2n) is 14.7. The van der Waals surface area contributed by atoms with Crippen LogP contribution in [0.1, 0.15) is 0 Å². The summed E-state index contributed by atoms with van der Waals surface area (Å²) in [4.78, 5) is 0. The lowest BCUT2D eigenvalue weighted by Crippen LogP contribution is -1.95. The van der Waals surface area contributed by atoms with E-state index in [1.165, 1.54) is 109 Å². The molecule has 0 saturated carbocycles. The molecule has 0 aromatic heterocycles. The van der Waals surface area contributed by atoms with Gasteiger partial charge in [-0.05, 0) is 116 Å². The standard InChI is InChI=1S/C56H36/c1-4-24-42-37(16-1)19-12-31-45(42)40-22-11-23-41(36-40)54-51-29-9-10-30-52(51)55(49-33-14-21-39-18-3-6-26-44(39)49)53-35-15-34-50(56(53)54)48-28-8-7-27-47(48)46-32-13-20-38-17-2-5-25-43(38)46/h1-36H. The molecule has 0 heteroatoms. The summed E-state index contributed by atoms with van der Waals surface area (Å²) in [5.41, 5.74) is 12.4. The second kappa shape index (κ2) is 13.2. The molecule has 0 aliphatic rings. The van der Waals surface area contributed by atoms with Gasteiger partial charge in [0, 0.05) is 0 Å². The van der Waals surface area contributed by atoms with Crippen LogP contribution in [-0.2, 0) is 0 Å². The monoisotopic (exact) mass is 708 g/mol. The summed E-state index contributed by atoms with van der Waals surface area (Å²) in [5, 5.41) is 12.5. The molecule has 0 bridgehead atoms. The Labute approximate surface area is 326 Å². The van der Waals surface area contributed by atoms with Crippen LogP contribution in [0, 0.1) is 0 Å². The third-order valence-corrected chi connectivity index (χ3v) is 11.7. The topological polar surface area (TPSA) is 0 Å². The highest BCUT2D eigenvalue weighted by atomic mass is 14.3. The van der Waals surface area contributed by atoms with Crippen LogP contribution in [0.2, 0.25) is 0 Å². The van der Waals surface area contributed by atoms with Crippen molar-refractivity contribution in [3.8, 4) is 55.6 Å². The van der Waals surface area contributed by atoms with Crippen molar-refractivity contribution in [2.24, 2.45) is 0 Å². The van der Waals surface area contributed by atoms with E-state index in [0.29, 0.717) is 0 Å². The van der Waals surface area contributed by atoms with Crippen LogP contribution in [0.5, 0.6) is 0 Å². The largest absolute Gasteiger partial charge is 0.0616 e. The average Bonchev–Trinajstić information content (AvgIpc) is 3.27. The molecular formula is C56H36. The van der Waals surface area contributed by atoms with E-state index in [-0.39, 0.29) is 0 Å². The van der Waals surface area contributed by atoms with Crippen molar-refractivity contribution in [3.63, 3.8) is 0 Å². The van der Waals surface area contributed by atoms with Gasteiger partial charge in [0.25, 0.3) is 0 Å². The second-order valence-corrected chi connectivity index (χ2v) is 14.7. The zero-order valence-electron chi connectivity index (χ0n) is 30.8. The Kier molecular flexibility index (Phi) is 7.60. The van der Waals surface area contributed by atoms with E-state index < -0.39 is 0 Å². The Balaban J connectivity index is 1.28. The molecule has 0 N–H and O–H groups in total. The molecule has 0 aliphatic carbocycles. The first-order chi connectivity index (χ1) is 27.8. The van der Waals surface area contributed by atoms with Crippen LogP contribution in [0.4, 0.5) is 0 Å². The van der Waals surface area contributed by atoms with Crippen LogP contribution in [0.15, 0.2) is 218 Å². The summed E-state index contributed by atoms with van der Waals surface area (Å²) in [7, 11) is 0. The van der Waals surface area contributed by atoms with Gasteiger partial charge in [0.15, 0.2) is 0 Å². The van der Waals surface area contributed by atoms with Gasteiger partial charge in [-0.25, -0.2) is 0 Å². The highest BCUT2D eigenvalue weighted by Gasteiger charge is 2.22. The van der Waals surface area contributed by atoms with Gasteiger partial charge in [-0.3, -0.25) is 0 Å². The maximum atomic E-state index is 2.41. The van der Waals surface area contributed by atoms with Crippen molar-refractivity contribution < 1.29 is 0 Å². The van der Waals surface area contributed by atoms with Crippen LogP contribution in [-0.4, -0.2) is 0 Å². The number of benzene rings is 11. The van der Waals surface area contributed by atoms with E-state index in [2.05, 4.69) is 218 Å². The molecule has 0 aliphatic heterocycles. The van der Waals surface area contributed by atoms with E-state index in [1.54, 1.807) is 0 Å². The van der Waals surface area contributed by atoms with Crippen molar-refractivity contribution in [1.82, 2.24) is 0 Å². The maximum absolute atomic E-state index is 2.41.